The summed E-state index contributed by atoms with van der Waals surface area (Å²) in [5, 5.41) is 7.32. The van der Waals surface area contributed by atoms with Crippen LogP contribution in [0.3, 0.4) is 0 Å². The van der Waals surface area contributed by atoms with E-state index in [1.165, 1.54) is 36.5 Å². The van der Waals surface area contributed by atoms with Crippen LogP contribution in [0.4, 0.5) is 0 Å². The Balaban J connectivity index is 1.08. The van der Waals surface area contributed by atoms with Crippen LogP contribution in [0.15, 0.2) is 158 Å². The molecule has 4 aromatic heterocycles. The molecular formula is C45H26N4S2. The van der Waals surface area contributed by atoms with Crippen LogP contribution in [-0.2, 0) is 0 Å². The van der Waals surface area contributed by atoms with Gasteiger partial charge in [0.1, 0.15) is 0 Å². The van der Waals surface area contributed by atoms with Crippen molar-refractivity contribution in [2.24, 2.45) is 0 Å². The highest BCUT2D eigenvalue weighted by molar-refractivity contribution is 7.27. The summed E-state index contributed by atoms with van der Waals surface area (Å²) >= 11 is 3.54. The summed E-state index contributed by atoms with van der Waals surface area (Å²) < 4.78 is 49.1. The maximum absolute atomic E-state index is 8.64. The number of hydrogen-bond donors (Lipinski definition) is 0. The van der Waals surface area contributed by atoms with Gasteiger partial charge in [0.2, 0.25) is 0 Å². The zero-order valence-electron chi connectivity index (χ0n) is 31.7. The first-order chi connectivity index (χ1) is 27.3. The average Bonchev–Trinajstić information content (AvgIpc) is 3.91. The van der Waals surface area contributed by atoms with Gasteiger partial charge in [-0.3, -0.25) is 0 Å². The molecule has 0 unspecified atom stereocenters. The molecule has 11 rings (SSSR count). The molecule has 4 nitrogen and oxygen atoms in total. The third kappa shape index (κ3) is 4.47. The molecule has 4 heterocycles. The van der Waals surface area contributed by atoms with Crippen molar-refractivity contribution >= 4 is 84.8 Å². The number of fused-ring (bicyclic) bond motifs is 10. The van der Waals surface area contributed by atoms with E-state index >= 15 is 0 Å². The summed E-state index contributed by atoms with van der Waals surface area (Å²) in [7, 11) is 0. The highest BCUT2D eigenvalue weighted by atomic mass is 32.1. The van der Waals surface area contributed by atoms with Crippen LogP contribution in [-0.4, -0.2) is 19.5 Å². The Morgan fingerprint density at radius 1 is 0.451 bits per heavy atom. The van der Waals surface area contributed by atoms with Crippen molar-refractivity contribution in [1.82, 2.24) is 19.5 Å². The number of hydrogen-bond acceptors (Lipinski definition) is 5. The zero-order valence-corrected chi connectivity index (χ0v) is 28.4. The highest BCUT2D eigenvalue weighted by Crippen LogP contribution is 2.44. The van der Waals surface area contributed by atoms with Crippen LogP contribution in [0.2, 0.25) is 0 Å². The van der Waals surface area contributed by atoms with Gasteiger partial charge in [0.25, 0.3) is 0 Å². The maximum Gasteiger partial charge on any atom is 0.164 e. The minimum atomic E-state index is -0.466. The Kier molecular flexibility index (Phi) is 5.25. The molecule has 0 N–H and O–H groups in total. The molecule has 0 saturated heterocycles. The monoisotopic (exact) mass is 691 g/mol. The summed E-state index contributed by atoms with van der Waals surface area (Å²) in [6.07, 6.45) is 0. The van der Waals surface area contributed by atoms with E-state index in [-0.39, 0.29) is 23.5 Å². The Labute approximate surface area is 307 Å². The van der Waals surface area contributed by atoms with Crippen molar-refractivity contribution < 1.29 is 6.85 Å². The Hall–Kier alpha value is -6.21. The fourth-order valence-corrected chi connectivity index (χ4v) is 9.64. The molecule has 0 fully saturated rings. The second kappa shape index (κ2) is 11.2. The van der Waals surface area contributed by atoms with Crippen LogP contribution in [0, 0.1) is 0 Å². The van der Waals surface area contributed by atoms with Gasteiger partial charge in [-0.1, -0.05) is 115 Å². The number of thiophene rings is 2. The van der Waals surface area contributed by atoms with E-state index in [2.05, 4.69) is 101 Å². The second-order valence-corrected chi connectivity index (χ2v) is 14.6. The molecule has 238 valence electrons. The van der Waals surface area contributed by atoms with Gasteiger partial charge in [-0.25, -0.2) is 15.0 Å². The minimum Gasteiger partial charge on any atom is -0.309 e. The lowest BCUT2D eigenvalue weighted by Gasteiger charge is -2.09. The molecule has 6 heteroatoms. The first-order valence-electron chi connectivity index (χ1n) is 19.0. The van der Waals surface area contributed by atoms with E-state index in [1.807, 2.05) is 47.7 Å². The Morgan fingerprint density at radius 2 is 1.14 bits per heavy atom. The SMILES string of the molecule is [2H]c1c([2H])c([2H])c(-c2nc(-c3ccccc3)nc(-c3ccc4c(c3)sc3ccc(-n5c6ccccc6c6c7sc8ccccc8c7ccc65)cc34)n2)c([2H])c1[2H]. The number of para-hydroxylation sites is 1. The maximum atomic E-state index is 8.64. The highest BCUT2D eigenvalue weighted by Gasteiger charge is 2.19. The third-order valence-corrected chi connectivity index (χ3v) is 11.9. The van der Waals surface area contributed by atoms with Gasteiger partial charge in [-0.2, -0.15) is 0 Å². The molecule has 0 aliphatic heterocycles. The molecule has 7 aromatic carbocycles. The van der Waals surface area contributed by atoms with Gasteiger partial charge in [0.05, 0.1) is 17.9 Å². The molecule has 0 spiro atoms. The normalized spacial score (nSPS) is 13.3. The fourth-order valence-electron chi connectivity index (χ4n) is 7.25. The van der Waals surface area contributed by atoms with Crippen molar-refractivity contribution in [1.29, 1.82) is 0 Å². The van der Waals surface area contributed by atoms with Crippen molar-refractivity contribution in [3.8, 4) is 39.9 Å². The lowest BCUT2D eigenvalue weighted by Crippen LogP contribution is -1.99. The average molecular weight is 692 g/mol. The largest absolute Gasteiger partial charge is 0.309 e. The first-order valence-corrected chi connectivity index (χ1v) is 18.2. The minimum absolute atomic E-state index is 0.0195. The molecule has 0 atom stereocenters. The summed E-state index contributed by atoms with van der Waals surface area (Å²) in [4.78, 5) is 14.2. The smallest absolute Gasteiger partial charge is 0.164 e. The quantitative estimate of drug-likeness (QED) is 0.184. The third-order valence-electron chi connectivity index (χ3n) is 9.54. The lowest BCUT2D eigenvalue weighted by atomic mass is 10.1. The van der Waals surface area contributed by atoms with Crippen LogP contribution in [0.1, 0.15) is 6.85 Å². The van der Waals surface area contributed by atoms with Crippen LogP contribution < -0.4 is 0 Å². The summed E-state index contributed by atoms with van der Waals surface area (Å²) in [5.74, 6) is 0.710. The van der Waals surface area contributed by atoms with Crippen molar-refractivity contribution in [2.45, 2.75) is 0 Å². The molecular weight excluding hydrogens is 661 g/mol. The molecule has 0 bridgehead atoms. The van der Waals surface area contributed by atoms with Crippen LogP contribution in [0.25, 0.3) is 102 Å². The van der Waals surface area contributed by atoms with E-state index in [1.54, 1.807) is 11.3 Å². The van der Waals surface area contributed by atoms with E-state index in [0.29, 0.717) is 11.6 Å². The van der Waals surface area contributed by atoms with Gasteiger partial charge >= 0.3 is 0 Å². The Bertz CT molecular complexity index is 3420. The molecule has 11 aromatic rings. The van der Waals surface area contributed by atoms with E-state index < -0.39 is 18.1 Å². The van der Waals surface area contributed by atoms with Crippen LogP contribution in [0.5, 0.6) is 0 Å². The van der Waals surface area contributed by atoms with Gasteiger partial charge in [0, 0.05) is 73.5 Å². The summed E-state index contributed by atoms with van der Waals surface area (Å²) in [6, 6.07) is 42.0. The fraction of sp³-hybridized carbons (Fsp3) is 0. The van der Waals surface area contributed by atoms with Gasteiger partial charge < -0.3 is 4.57 Å². The summed E-state index contributed by atoms with van der Waals surface area (Å²) in [6.45, 7) is 0. The van der Waals surface area contributed by atoms with Crippen molar-refractivity contribution in [3.63, 3.8) is 0 Å². The molecule has 51 heavy (non-hydrogen) atoms. The standard InChI is InChI=1S/C45H26N4S2/c1-3-11-27(12-4-1)43-46-44(28-13-5-2-6-14-28)48-45(47-43)29-19-21-32-35-26-30(20-24-39(35)50-40(32)25-29)49-36-17-9-7-16-34(36)41-37(49)23-22-33-31-15-8-10-18-38(31)51-42(33)41/h1-26H/i1D,3D,4D,11D,12D. The van der Waals surface area contributed by atoms with E-state index in [4.69, 9.17) is 16.8 Å². The molecule has 0 saturated carbocycles. The molecule has 0 aliphatic rings. The van der Waals surface area contributed by atoms with Crippen LogP contribution >= 0.6 is 22.7 Å². The zero-order chi connectivity index (χ0) is 37.8. The lowest BCUT2D eigenvalue weighted by molar-refractivity contribution is 1.07. The first kappa shape index (κ1) is 24.0. The van der Waals surface area contributed by atoms with Gasteiger partial charge in [-0.15, -0.1) is 22.7 Å². The summed E-state index contributed by atoms with van der Waals surface area (Å²) in [5.41, 5.74) is 4.80. The van der Waals surface area contributed by atoms with Crippen molar-refractivity contribution in [3.05, 3.63) is 158 Å². The number of rotatable bonds is 4. The van der Waals surface area contributed by atoms with Gasteiger partial charge in [-0.05, 0) is 42.5 Å². The number of nitrogens with zero attached hydrogens (tertiary/aromatic N) is 4. The van der Waals surface area contributed by atoms with Gasteiger partial charge in [0.15, 0.2) is 17.5 Å². The number of aromatic nitrogens is 4. The predicted molar refractivity (Wildman–Crippen MR) is 216 cm³/mol. The van der Waals surface area contributed by atoms with E-state index in [9.17, 15) is 0 Å². The Morgan fingerprint density at radius 3 is 2.00 bits per heavy atom. The second-order valence-electron chi connectivity index (χ2n) is 12.5. The van der Waals surface area contributed by atoms with E-state index in [0.717, 1.165) is 42.5 Å². The molecule has 0 aliphatic carbocycles. The van der Waals surface area contributed by atoms with Crippen molar-refractivity contribution in [2.75, 3.05) is 0 Å². The molecule has 0 amide bonds. The topological polar surface area (TPSA) is 43.6 Å². The number of benzene rings is 7. The predicted octanol–water partition coefficient (Wildman–Crippen LogP) is 12.7. The molecule has 0 radical (unpaired) electrons.